The highest BCUT2D eigenvalue weighted by Crippen LogP contribution is 2.40. The SMILES string of the molecule is CCOc1ccc(CC(=O)NCCNc2cc(C)nc3c(-c4c(C)cc(C)cc4C)c4ccccn4c23)cc1OC. The third kappa shape index (κ3) is 5.71. The van der Waals surface area contributed by atoms with E-state index in [1.54, 1.807) is 7.11 Å². The first-order valence-electron chi connectivity index (χ1n) is 14.1. The van der Waals surface area contributed by atoms with Gasteiger partial charge in [-0.2, -0.15) is 0 Å². The van der Waals surface area contributed by atoms with Gasteiger partial charge in [0.05, 0.1) is 42.4 Å². The van der Waals surface area contributed by atoms with Gasteiger partial charge in [0.1, 0.15) is 0 Å². The molecule has 0 aliphatic heterocycles. The van der Waals surface area contributed by atoms with Crippen LogP contribution in [0.4, 0.5) is 5.69 Å². The molecular formula is C34H38N4O3. The van der Waals surface area contributed by atoms with Crippen LogP contribution in [-0.2, 0) is 11.2 Å². The van der Waals surface area contributed by atoms with Gasteiger partial charge in [-0.15, -0.1) is 0 Å². The third-order valence-electron chi connectivity index (χ3n) is 7.30. The summed E-state index contributed by atoms with van der Waals surface area (Å²) in [5.41, 5.74) is 12.1. The Hall–Kier alpha value is -4.52. The number of nitrogens with one attached hydrogen (secondary N) is 2. The van der Waals surface area contributed by atoms with Crippen molar-refractivity contribution in [2.45, 2.75) is 41.0 Å². The second kappa shape index (κ2) is 11.9. The van der Waals surface area contributed by atoms with Crippen LogP contribution < -0.4 is 20.1 Å². The van der Waals surface area contributed by atoms with Crippen molar-refractivity contribution < 1.29 is 14.3 Å². The molecule has 0 aliphatic carbocycles. The zero-order valence-electron chi connectivity index (χ0n) is 24.7. The Balaban J connectivity index is 1.37. The van der Waals surface area contributed by atoms with Gasteiger partial charge < -0.3 is 24.5 Å². The fourth-order valence-electron chi connectivity index (χ4n) is 5.75. The molecule has 0 fully saturated rings. The van der Waals surface area contributed by atoms with E-state index in [0.717, 1.165) is 39.1 Å². The summed E-state index contributed by atoms with van der Waals surface area (Å²) < 4.78 is 13.2. The van der Waals surface area contributed by atoms with Crippen molar-refractivity contribution in [2.24, 2.45) is 0 Å². The van der Waals surface area contributed by atoms with E-state index in [-0.39, 0.29) is 12.3 Å². The van der Waals surface area contributed by atoms with Crippen LogP contribution in [-0.4, -0.2) is 42.1 Å². The van der Waals surface area contributed by atoms with E-state index in [0.29, 0.717) is 31.2 Å². The first-order valence-corrected chi connectivity index (χ1v) is 14.1. The minimum absolute atomic E-state index is 0.0465. The van der Waals surface area contributed by atoms with Gasteiger partial charge in [-0.3, -0.25) is 9.78 Å². The average Bonchev–Trinajstić information content (AvgIpc) is 3.25. The predicted octanol–water partition coefficient (Wildman–Crippen LogP) is 6.57. The molecule has 1 amide bonds. The molecule has 3 heterocycles. The minimum atomic E-state index is -0.0465. The number of pyridine rings is 2. The van der Waals surface area contributed by atoms with Crippen LogP contribution >= 0.6 is 0 Å². The number of aryl methyl sites for hydroxylation is 4. The molecule has 0 bridgehead atoms. The maximum atomic E-state index is 12.7. The summed E-state index contributed by atoms with van der Waals surface area (Å²) in [7, 11) is 1.60. The van der Waals surface area contributed by atoms with E-state index in [1.807, 2.05) is 38.1 Å². The summed E-state index contributed by atoms with van der Waals surface area (Å²) in [5.74, 6) is 1.26. The second-order valence-electron chi connectivity index (χ2n) is 10.5. The molecule has 0 atom stereocenters. The topological polar surface area (TPSA) is 76.9 Å². The fraction of sp³-hybridized carbons (Fsp3) is 0.294. The number of methoxy groups -OCH3 is 1. The van der Waals surface area contributed by atoms with Gasteiger partial charge in [0, 0.05) is 30.5 Å². The van der Waals surface area contributed by atoms with E-state index < -0.39 is 0 Å². The lowest BCUT2D eigenvalue weighted by molar-refractivity contribution is -0.120. The summed E-state index contributed by atoms with van der Waals surface area (Å²) in [5, 5.41) is 6.60. The molecule has 0 saturated carbocycles. The Bertz CT molecular complexity index is 1710. The molecule has 5 aromatic rings. The van der Waals surface area contributed by atoms with Crippen LogP contribution in [0.5, 0.6) is 11.5 Å². The molecular weight excluding hydrogens is 512 g/mol. The molecule has 2 N–H and O–H groups in total. The molecule has 5 rings (SSSR count). The predicted molar refractivity (Wildman–Crippen MR) is 166 cm³/mol. The smallest absolute Gasteiger partial charge is 0.224 e. The largest absolute Gasteiger partial charge is 0.493 e. The summed E-state index contributed by atoms with van der Waals surface area (Å²) in [6.07, 6.45) is 2.36. The Kier molecular flexibility index (Phi) is 8.15. The van der Waals surface area contributed by atoms with E-state index in [9.17, 15) is 4.79 Å². The van der Waals surface area contributed by atoms with Crippen molar-refractivity contribution in [3.05, 3.63) is 88.7 Å². The van der Waals surface area contributed by atoms with Gasteiger partial charge in [-0.05, 0) is 87.2 Å². The number of anilines is 1. The van der Waals surface area contributed by atoms with Gasteiger partial charge in [-0.25, -0.2) is 0 Å². The molecule has 0 radical (unpaired) electrons. The summed E-state index contributed by atoms with van der Waals surface area (Å²) in [6.45, 7) is 12.1. The van der Waals surface area contributed by atoms with Gasteiger partial charge in [0.15, 0.2) is 11.5 Å². The normalized spacial score (nSPS) is 11.2. The number of hydrogen-bond donors (Lipinski definition) is 2. The molecule has 0 unspecified atom stereocenters. The third-order valence-corrected chi connectivity index (χ3v) is 7.30. The van der Waals surface area contributed by atoms with E-state index in [4.69, 9.17) is 14.5 Å². The maximum Gasteiger partial charge on any atom is 0.224 e. The molecule has 212 valence electrons. The standard InChI is InChI=1S/C34H38N4O3/c1-7-41-28-12-11-25(19-29(28)40-6)20-30(39)36-14-13-35-26-18-24(5)37-33-32(27-10-8-9-15-38(27)34(26)33)31-22(3)16-21(2)17-23(31)4/h8-12,15-19H,7,13-14,20H2,1-6H3,(H,35,37)(H,36,39). The van der Waals surface area contributed by atoms with Crippen LogP contribution in [0.1, 0.15) is 34.9 Å². The highest BCUT2D eigenvalue weighted by atomic mass is 16.5. The van der Waals surface area contributed by atoms with Crippen molar-refractivity contribution in [1.29, 1.82) is 0 Å². The molecule has 0 saturated heterocycles. The van der Waals surface area contributed by atoms with Gasteiger partial charge >= 0.3 is 0 Å². The Morgan fingerprint density at radius 2 is 1.71 bits per heavy atom. The number of rotatable bonds is 10. The van der Waals surface area contributed by atoms with Crippen LogP contribution in [0.3, 0.4) is 0 Å². The lowest BCUT2D eigenvalue weighted by Crippen LogP contribution is -2.30. The second-order valence-corrected chi connectivity index (χ2v) is 10.5. The molecule has 0 aliphatic rings. The molecule has 2 aromatic carbocycles. The fourth-order valence-corrected chi connectivity index (χ4v) is 5.75. The van der Waals surface area contributed by atoms with Crippen molar-refractivity contribution in [3.8, 4) is 22.6 Å². The van der Waals surface area contributed by atoms with E-state index in [2.05, 4.69) is 72.3 Å². The number of fused-ring (bicyclic) bond motifs is 3. The van der Waals surface area contributed by atoms with E-state index in [1.165, 1.54) is 22.3 Å². The lowest BCUT2D eigenvalue weighted by atomic mass is 9.93. The number of hydrogen-bond acceptors (Lipinski definition) is 5. The number of carbonyl (C=O) groups is 1. The summed E-state index contributed by atoms with van der Waals surface area (Å²) >= 11 is 0. The van der Waals surface area contributed by atoms with Crippen molar-refractivity contribution >= 4 is 28.1 Å². The van der Waals surface area contributed by atoms with Crippen LogP contribution in [0.15, 0.2) is 60.8 Å². The highest BCUT2D eigenvalue weighted by molar-refractivity contribution is 6.08. The number of nitrogens with zero attached hydrogens (tertiary/aromatic N) is 2. The van der Waals surface area contributed by atoms with Crippen LogP contribution in [0.25, 0.3) is 27.7 Å². The average molecular weight is 551 g/mol. The summed E-state index contributed by atoms with van der Waals surface area (Å²) in [6, 6.07) is 18.4. The summed E-state index contributed by atoms with van der Waals surface area (Å²) in [4.78, 5) is 17.7. The molecule has 3 aromatic heterocycles. The monoisotopic (exact) mass is 550 g/mol. The van der Waals surface area contributed by atoms with Gasteiger partial charge in [0.2, 0.25) is 5.91 Å². The molecule has 41 heavy (non-hydrogen) atoms. The number of amides is 1. The first-order chi connectivity index (χ1) is 19.8. The van der Waals surface area contributed by atoms with Crippen LogP contribution in [0, 0.1) is 27.7 Å². The Labute approximate surface area is 241 Å². The number of carbonyl (C=O) groups excluding carboxylic acids is 1. The van der Waals surface area contributed by atoms with Gasteiger partial charge in [-0.1, -0.05) is 29.8 Å². The Morgan fingerprint density at radius 3 is 2.44 bits per heavy atom. The first kappa shape index (κ1) is 28.0. The minimum Gasteiger partial charge on any atom is -0.493 e. The molecule has 0 spiro atoms. The van der Waals surface area contributed by atoms with Crippen molar-refractivity contribution in [3.63, 3.8) is 0 Å². The van der Waals surface area contributed by atoms with Crippen molar-refractivity contribution in [2.75, 3.05) is 32.1 Å². The quantitative estimate of drug-likeness (QED) is 0.193. The number of benzene rings is 2. The number of ether oxygens (including phenoxy) is 2. The Morgan fingerprint density at radius 1 is 0.927 bits per heavy atom. The zero-order chi connectivity index (χ0) is 29.1. The zero-order valence-corrected chi connectivity index (χ0v) is 24.7. The van der Waals surface area contributed by atoms with E-state index >= 15 is 0 Å². The van der Waals surface area contributed by atoms with Crippen LogP contribution in [0.2, 0.25) is 0 Å². The molecule has 7 heteroatoms. The number of aromatic nitrogens is 2. The van der Waals surface area contributed by atoms with Crippen molar-refractivity contribution in [1.82, 2.24) is 14.7 Å². The highest BCUT2D eigenvalue weighted by Gasteiger charge is 2.21. The maximum absolute atomic E-state index is 12.7. The lowest BCUT2D eigenvalue weighted by Gasteiger charge is -2.13. The molecule has 7 nitrogen and oxygen atoms in total. The van der Waals surface area contributed by atoms with Gasteiger partial charge in [0.25, 0.3) is 0 Å².